The Bertz CT molecular complexity index is 681. The van der Waals surface area contributed by atoms with Crippen LogP contribution in [-0.4, -0.2) is 23.6 Å². The molecule has 3 N–H and O–H groups in total. The average molecular weight is 346 g/mol. The topological polar surface area (TPSA) is 61.4 Å². The number of rotatable bonds is 7. The SMILES string of the molecule is Cc1cccc(NC(=O)CC(C)NCC(C)(O)c2ccsc2)c1C. The van der Waals surface area contributed by atoms with E-state index in [-0.39, 0.29) is 11.9 Å². The number of carbonyl (C=O) groups is 1. The Morgan fingerprint density at radius 3 is 2.75 bits per heavy atom. The number of anilines is 1. The summed E-state index contributed by atoms with van der Waals surface area (Å²) >= 11 is 1.56. The first kappa shape index (κ1) is 18.6. The first-order valence-corrected chi connectivity index (χ1v) is 9.08. The van der Waals surface area contributed by atoms with Gasteiger partial charge in [0, 0.05) is 24.7 Å². The third kappa shape index (κ3) is 4.90. The summed E-state index contributed by atoms with van der Waals surface area (Å²) in [6.45, 7) is 8.17. The van der Waals surface area contributed by atoms with Gasteiger partial charge in [0.1, 0.15) is 0 Å². The van der Waals surface area contributed by atoms with Gasteiger partial charge in [0.2, 0.25) is 5.91 Å². The molecule has 0 bridgehead atoms. The fourth-order valence-electron chi connectivity index (χ4n) is 2.48. The van der Waals surface area contributed by atoms with Crippen LogP contribution in [0.4, 0.5) is 5.69 Å². The maximum Gasteiger partial charge on any atom is 0.225 e. The Morgan fingerprint density at radius 2 is 2.08 bits per heavy atom. The third-order valence-electron chi connectivity index (χ3n) is 4.31. The van der Waals surface area contributed by atoms with Gasteiger partial charge in [0.05, 0.1) is 5.60 Å². The lowest BCUT2D eigenvalue weighted by atomic mass is 9.99. The zero-order valence-corrected chi connectivity index (χ0v) is 15.5. The Morgan fingerprint density at radius 1 is 1.33 bits per heavy atom. The van der Waals surface area contributed by atoms with Crippen LogP contribution in [0.1, 0.15) is 37.0 Å². The van der Waals surface area contributed by atoms with Crippen LogP contribution < -0.4 is 10.6 Å². The van der Waals surface area contributed by atoms with E-state index in [4.69, 9.17) is 0 Å². The fourth-order valence-corrected chi connectivity index (χ4v) is 3.27. The van der Waals surface area contributed by atoms with Gasteiger partial charge in [-0.3, -0.25) is 4.79 Å². The molecule has 1 heterocycles. The van der Waals surface area contributed by atoms with Gasteiger partial charge in [-0.05, 0) is 67.3 Å². The van der Waals surface area contributed by atoms with E-state index in [0.717, 1.165) is 22.4 Å². The van der Waals surface area contributed by atoms with Crippen molar-refractivity contribution in [1.29, 1.82) is 0 Å². The lowest BCUT2D eigenvalue weighted by Gasteiger charge is -2.25. The molecule has 1 aromatic heterocycles. The summed E-state index contributed by atoms with van der Waals surface area (Å²) in [7, 11) is 0. The Labute approximate surface area is 147 Å². The van der Waals surface area contributed by atoms with Crippen LogP contribution in [0.2, 0.25) is 0 Å². The van der Waals surface area contributed by atoms with Crippen LogP contribution in [0.3, 0.4) is 0 Å². The number of aliphatic hydroxyl groups is 1. The van der Waals surface area contributed by atoms with Gasteiger partial charge >= 0.3 is 0 Å². The highest BCUT2D eigenvalue weighted by atomic mass is 32.1. The molecule has 130 valence electrons. The minimum absolute atomic E-state index is 0.0276. The van der Waals surface area contributed by atoms with Crippen LogP contribution in [0.5, 0.6) is 0 Å². The number of benzene rings is 1. The third-order valence-corrected chi connectivity index (χ3v) is 4.99. The molecule has 0 radical (unpaired) electrons. The van der Waals surface area contributed by atoms with E-state index in [9.17, 15) is 9.90 Å². The lowest BCUT2D eigenvalue weighted by molar-refractivity contribution is -0.116. The highest BCUT2D eigenvalue weighted by molar-refractivity contribution is 7.08. The number of hydrogen-bond acceptors (Lipinski definition) is 4. The summed E-state index contributed by atoms with van der Waals surface area (Å²) in [5, 5.41) is 20.6. The van der Waals surface area contributed by atoms with E-state index in [0.29, 0.717) is 13.0 Å². The van der Waals surface area contributed by atoms with Gasteiger partial charge in [-0.15, -0.1) is 0 Å². The largest absolute Gasteiger partial charge is 0.384 e. The molecule has 0 aliphatic rings. The van der Waals surface area contributed by atoms with E-state index in [1.807, 2.05) is 55.8 Å². The Balaban J connectivity index is 1.85. The predicted octanol–water partition coefficient (Wildman–Crippen LogP) is 3.58. The van der Waals surface area contributed by atoms with Crippen molar-refractivity contribution in [1.82, 2.24) is 5.32 Å². The second-order valence-corrected chi connectivity index (χ2v) is 7.35. The van der Waals surface area contributed by atoms with Crippen molar-refractivity contribution in [2.24, 2.45) is 0 Å². The standard InChI is InChI=1S/C19H26N2O2S/c1-13-6-5-7-17(15(13)3)21-18(22)10-14(2)20-12-19(4,23)16-8-9-24-11-16/h5-9,11,14,20,23H,10,12H2,1-4H3,(H,21,22). The first-order valence-electron chi connectivity index (χ1n) is 8.14. The summed E-state index contributed by atoms with van der Waals surface area (Å²) in [6, 6.07) is 7.78. The summed E-state index contributed by atoms with van der Waals surface area (Å²) in [5.74, 6) is -0.0288. The molecule has 0 aliphatic carbocycles. The molecule has 5 heteroatoms. The van der Waals surface area contributed by atoms with E-state index < -0.39 is 5.60 Å². The molecule has 0 fully saturated rings. The number of carbonyl (C=O) groups excluding carboxylic acids is 1. The van der Waals surface area contributed by atoms with Gasteiger partial charge in [-0.25, -0.2) is 0 Å². The monoisotopic (exact) mass is 346 g/mol. The molecule has 0 spiro atoms. The molecule has 2 atom stereocenters. The number of aryl methyl sites for hydroxylation is 1. The van der Waals surface area contributed by atoms with Gasteiger partial charge < -0.3 is 15.7 Å². The van der Waals surface area contributed by atoms with Crippen LogP contribution in [0.15, 0.2) is 35.0 Å². The summed E-state index contributed by atoms with van der Waals surface area (Å²) in [6.07, 6.45) is 0.354. The number of amides is 1. The van der Waals surface area contributed by atoms with E-state index in [2.05, 4.69) is 10.6 Å². The fraction of sp³-hybridized carbons (Fsp3) is 0.421. The molecule has 0 aliphatic heterocycles. The summed E-state index contributed by atoms with van der Waals surface area (Å²) in [4.78, 5) is 12.2. The van der Waals surface area contributed by atoms with Crippen LogP contribution >= 0.6 is 11.3 Å². The maximum absolute atomic E-state index is 12.2. The van der Waals surface area contributed by atoms with Gasteiger partial charge in [0.25, 0.3) is 0 Å². The van der Waals surface area contributed by atoms with Crippen LogP contribution in [-0.2, 0) is 10.4 Å². The molecule has 1 aromatic carbocycles. The zero-order chi connectivity index (χ0) is 17.7. The normalized spacial score (nSPS) is 14.9. The van der Waals surface area contributed by atoms with Gasteiger partial charge in [-0.1, -0.05) is 12.1 Å². The minimum Gasteiger partial charge on any atom is -0.384 e. The van der Waals surface area contributed by atoms with Crippen molar-refractivity contribution in [2.45, 2.75) is 45.8 Å². The van der Waals surface area contributed by atoms with Crippen molar-refractivity contribution in [3.05, 3.63) is 51.7 Å². The summed E-state index contributed by atoms with van der Waals surface area (Å²) < 4.78 is 0. The summed E-state index contributed by atoms with van der Waals surface area (Å²) in [5.41, 5.74) is 3.07. The number of thiophene rings is 1. The molecule has 4 nitrogen and oxygen atoms in total. The molecule has 2 aromatic rings. The molecular weight excluding hydrogens is 320 g/mol. The predicted molar refractivity (Wildman–Crippen MR) is 101 cm³/mol. The van der Waals surface area contributed by atoms with Gasteiger partial charge in [-0.2, -0.15) is 11.3 Å². The first-order chi connectivity index (χ1) is 11.3. The van der Waals surface area contributed by atoms with Gasteiger partial charge in [0.15, 0.2) is 0 Å². The molecule has 0 saturated carbocycles. The molecule has 1 amide bonds. The van der Waals surface area contributed by atoms with E-state index >= 15 is 0 Å². The quantitative estimate of drug-likeness (QED) is 0.718. The lowest BCUT2D eigenvalue weighted by Crippen LogP contribution is -2.40. The minimum atomic E-state index is -0.933. The smallest absolute Gasteiger partial charge is 0.225 e. The number of nitrogens with one attached hydrogen (secondary N) is 2. The Hall–Kier alpha value is -1.69. The molecule has 2 rings (SSSR count). The second-order valence-electron chi connectivity index (χ2n) is 6.57. The van der Waals surface area contributed by atoms with E-state index in [1.165, 1.54) is 0 Å². The van der Waals surface area contributed by atoms with E-state index in [1.54, 1.807) is 18.3 Å². The van der Waals surface area contributed by atoms with Crippen molar-refractivity contribution in [2.75, 3.05) is 11.9 Å². The molecule has 24 heavy (non-hydrogen) atoms. The number of hydrogen-bond donors (Lipinski definition) is 3. The zero-order valence-electron chi connectivity index (χ0n) is 14.7. The van der Waals surface area contributed by atoms with Crippen LogP contribution in [0, 0.1) is 13.8 Å². The second kappa shape index (κ2) is 7.92. The van der Waals surface area contributed by atoms with Crippen molar-refractivity contribution < 1.29 is 9.90 Å². The molecule has 0 saturated heterocycles. The van der Waals surface area contributed by atoms with Crippen molar-refractivity contribution >= 4 is 22.9 Å². The highest BCUT2D eigenvalue weighted by Gasteiger charge is 2.24. The molecular formula is C19H26N2O2S. The van der Waals surface area contributed by atoms with Crippen LogP contribution in [0.25, 0.3) is 0 Å². The average Bonchev–Trinajstić information content (AvgIpc) is 3.05. The highest BCUT2D eigenvalue weighted by Crippen LogP contribution is 2.22. The maximum atomic E-state index is 12.2. The molecule has 2 unspecified atom stereocenters. The van der Waals surface area contributed by atoms with Crippen molar-refractivity contribution in [3.63, 3.8) is 0 Å². The Kier molecular flexibility index (Phi) is 6.15. The van der Waals surface area contributed by atoms with Crippen molar-refractivity contribution in [3.8, 4) is 0 Å².